The van der Waals surface area contributed by atoms with Crippen molar-refractivity contribution >= 4 is 23.9 Å². The number of nitrogens with one attached hydrogen (secondary N) is 1. The molecule has 9 heteroatoms. The molecule has 5 rings (SSSR count). The number of hydrogen-bond donors (Lipinski definition) is 1. The van der Waals surface area contributed by atoms with E-state index in [1.54, 1.807) is 24.3 Å². The fourth-order valence-electron chi connectivity index (χ4n) is 5.07. The van der Waals surface area contributed by atoms with Crippen molar-refractivity contribution in [1.82, 2.24) is 10.4 Å². The summed E-state index contributed by atoms with van der Waals surface area (Å²) in [5, 5.41) is 3.04. The SMILES string of the molecule is CC(C)(C)Oc1ccc(C[C@@H](NC(=O)OCC2c3ccccc3-c3ccccc32)C(=O)ON2C(=O)CCC2=O)cc1. The molecule has 1 aliphatic heterocycles. The average molecular weight is 557 g/mol. The van der Waals surface area contributed by atoms with Gasteiger partial charge in [-0.2, -0.15) is 0 Å². The first-order valence-corrected chi connectivity index (χ1v) is 13.6. The lowest BCUT2D eigenvalue weighted by Gasteiger charge is -2.22. The highest BCUT2D eigenvalue weighted by Gasteiger charge is 2.36. The van der Waals surface area contributed by atoms with Crippen LogP contribution >= 0.6 is 0 Å². The Hall–Kier alpha value is -4.66. The van der Waals surface area contributed by atoms with Crippen LogP contribution in [0.3, 0.4) is 0 Å². The Morgan fingerprint density at radius 3 is 2.00 bits per heavy atom. The van der Waals surface area contributed by atoms with E-state index < -0.39 is 29.9 Å². The molecule has 3 aromatic rings. The van der Waals surface area contributed by atoms with Crippen LogP contribution in [0.25, 0.3) is 11.1 Å². The number of benzene rings is 3. The fraction of sp³-hybridized carbons (Fsp3) is 0.312. The predicted octanol–water partition coefficient (Wildman–Crippen LogP) is 4.92. The Bertz CT molecular complexity index is 1410. The van der Waals surface area contributed by atoms with Crippen molar-refractivity contribution in [1.29, 1.82) is 0 Å². The monoisotopic (exact) mass is 556 g/mol. The third-order valence-corrected chi connectivity index (χ3v) is 6.89. The van der Waals surface area contributed by atoms with Crippen molar-refractivity contribution < 1.29 is 33.5 Å². The van der Waals surface area contributed by atoms with Gasteiger partial charge in [0.25, 0.3) is 11.8 Å². The van der Waals surface area contributed by atoms with Crippen molar-refractivity contribution in [2.75, 3.05) is 6.61 Å². The summed E-state index contributed by atoms with van der Waals surface area (Å²) in [5.74, 6) is -1.66. The van der Waals surface area contributed by atoms with Crippen molar-refractivity contribution in [2.45, 2.75) is 57.6 Å². The van der Waals surface area contributed by atoms with Crippen molar-refractivity contribution in [3.63, 3.8) is 0 Å². The summed E-state index contributed by atoms with van der Waals surface area (Å²) >= 11 is 0. The molecule has 9 nitrogen and oxygen atoms in total. The highest BCUT2D eigenvalue weighted by Crippen LogP contribution is 2.44. The number of carbonyl (C=O) groups is 4. The zero-order valence-electron chi connectivity index (χ0n) is 23.2. The standard InChI is InChI=1S/C32H32N2O7/c1-32(2,3)40-21-14-12-20(13-15-21)18-27(30(37)41-34-28(35)16-17-29(34)36)33-31(38)39-19-26-24-10-6-4-8-22(24)23-9-5-7-11-25(23)26/h4-15,26-27H,16-19H2,1-3H3,(H,33,38)/t27-/m1/s1. The van der Waals surface area contributed by atoms with Crippen molar-refractivity contribution in [3.8, 4) is 16.9 Å². The average Bonchev–Trinajstić information content (AvgIpc) is 3.43. The number of ether oxygens (including phenoxy) is 2. The molecule has 3 aromatic carbocycles. The van der Waals surface area contributed by atoms with E-state index in [9.17, 15) is 19.2 Å². The minimum atomic E-state index is -1.22. The van der Waals surface area contributed by atoms with Crippen LogP contribution in [0.1, 0.15) is 56.2 Å². The Morgan fingerprint density at radius 1 is 0.878 bits per heavy atom. The number of fused-ring (bicyclic) bond motifs is 3. The van der Waals surface area contributed by atoms with Gasteiger partial charge in [0.2, 0.25) is 0 Å². The van der Waals surface area contributed by atoms with Gasteiger partial charge in [0.1, 0.15) is 24.0 Å². The maximum Gasteiger partial charge on any atom is 0.407 e. The summed E-state index contributed by atoms with van der Waals surface area (Å²) < 4.78 is 11.5. The van der Waals surface area contributed by atoms with Gasteiger partial charge in [0, 0.05) is 25.2 Å². The van der Waals surface area contributed by atoms with Gasteiger partial charge < -0.3 is 19.6 Å². The first kappa shape index (κ1) is 27.9. The number of hydroxylamine groups is 2. The molecule has 41 heavy (non-hydrogen) atoms. The normalized spacial score (nSPS) is 15.2. The highest BCUT2D eigenvalue weighted by molar-refractivity contribution is 6.02. The van der Waals surface area contributed by atoms with E-state index in [1.807, 2.05) is 69.3 Å². The van der Waals surface area contributed by atoms with Gasteiger partial charge in [0.15, 0.2) is 0 Å². The van der Waals surface area contributed by atoms with Crippen LogP contribution in [0.5, 0.6) is 5.75 Å². The molecule has 1 heterocycles. The molecule has 1 fully saturated rings. The number of imide groups is 1. The molecule has 0 saturated carbocycles. The van der Waals surface area contributed by atoms with Gasteiger partial charge in [0.05, 0.1) is 0 Å². The second-order valence-corrected chi connectivity index (χ2v) is 11.1. The van der Waals surface area contributed by atoms with Gasteiger partial charge in [-0.15, -0.1) is 5.06 Å². The molecule has 0 bridgehead atoms. The van der Waals surface area contributed by atoms with E-state index in [0.717, 1.165) is 22.3 Å². The lowest BCUT2D eigenvalue weighted by Crippen LogP contribution is -2.46. The van der Waals surface area contributed by atoms with E-state index in [2.05, 4.69) is 5.32 Å². The van der Waals surface area contributed by atoms with Crippen molar-refractivity contribution in [2.24, 2.45) is 0 Å². The second kappa shape index (κ2) is 11.4. The van der Waals surface area contributed by atoms with Crippen LogP contribution in [-0.2, 0) is 30.4 Å². The maximum atomic E-state index is 13.1. The number of carbonyl (C=O) groups excluding carboxylic acids is 4. The predicted molar refractivity (Wildman–Crippen MR) is 150 cm³/mol. The van der Waals surface area contributed by atoms with E-state index in [1.165, 1.54) is 0 Å². The van der Waals surface area contributed by atoms with Crippen LogP contribution in [0.2, 0.25) is 0 Å². The van der Waals surface area contributed by atoms with Crippen LogP contribution in [-0.4, -0.2) is 47.2 Å². The van der Waals surface area contributed by atoms with Gasteiger partial charge >= 0.3 is 12.1 Å². The maximum absolute atomic E-state index is 13.1. The zero-order chi connectivity index (χ0) is 29.1. The number of nitrogens with zero attached hydrogens (tertiary/aromatic N) is 1. The summed E-state index contributed by atoms with van der Waals surface area (Å²) in [4.78, 5) is 55.3. The van der Waals surface area contributed by atoms with Gasteiger partial charge in [-0.05, 0) is 60.7 Å². The number of amides is 3. The quantitative estimate of drug-likeness (QED) is 0.392. The molecule has 2 aliphatic rings. The van der Waals surface area contributed by atoms with Crippen LogP contribution in [0, 0.1) is 0 Å². The van der Waals surface area contributed by atoms with Crippen molar-refractivity contribution in [3.05, 3.63) is 89.5 Å². The highest BCUT2D eigenvalue weighted by atomic mass is 16.7. The molecule has 3 amide bonds. The molecule has 212 valence electrons. The summed E-state index contributed by atoms with van der Waals surface area (Å²) in [6.45, 7) is 5.87. The lowest BCUT2D eigenvalue weighted by atomic mass is 9.98. The Morgan fingerprint density at radius 2 is 1.44 bits per heavy atom. The third kappa shape index (κ3) is 6.40. The first-order chi connectivity index (χ1) is 19.6. The Balaban J connectivity index is 1.29. The molecule has 0 spiro atoms. The molecular weight excluding hydrogens is 524 g/mol. The van der Waals surface area contributed by atoms with Crippen LogP contribution in [0.4, 0.5) is 4.79 Å². The largest absolute Gasteiger partial charge is 0.488 e. The van der Waals surface area contributed by atoms with E-state index in [-0.39, 0.29) is 37.4 Å². The number of rotatable bonds is 8. The zero-order valence-corrected chi connectivity index (χ0v) is 23.2. The summed E-state index contributed by atoms with van der Waals surface area (Å²) in [7, 11) is 0. The minimum absolute atomic E-state index is 0.0359. The first-order valence-electron chi connectivity index (χ1n) is 13.6. The Labute approximate surface area is 238 Å². The van der Waals surface area contributed by atoms with E-state index >= 15 is 0 Å². The minimum Gasteiger partial charge on any atom is -0.488 e. The Kier molecular flexibility index (Phi) is 7.79. The fourth-order valence-corrected chi connectivity index (χ4v) is 5.07. The molecule has 1 aliphatic carbocycles. The summed E-state index contributed by atoms with van der Waals surface area (Å²) in [6.07, 6.45) is -0.854. The van der Waals surface area contributed by atoms with Crippen LogP contribution in [0.15, 0.2) is 72.8 Å². The molecule has 0 aromatic heterocycles. The molecule has 0 unspecified atom stereocenters. The number of alkyl carbamates (subject to hydrolysis) is 1. The molecule has 1 N–H and O–H groups in total. The van der Waals surface area contributed by atoms with E-state index in [4.69, 9.17) is 14.3 Å². The molecule has 1 atom stereocenters. The van der Waals surface area contributed by atoms with Gasteiger partial charge in [-0.25, -0.2) is 9.59 Å². The smallest absolute Gasteiger partial charge is 0.407 e. The molecule has 0 radical (unpaired) electrons. The molecular formula is C32H32N2O7. The number of hydrogen-bond acceptors (Lipinski definition) is 7. The van der Waals surface area contributed by atoms with Gasteiger partial charge in [-0.1, -0.05) is 60.7 Å². The summed E-state index contributed by atoms with van der Waals surface area (Å²) in [6, 6.07) is 21.8. The van der Waals surface area contributed by atoms with Crippen LogP contribution < -0.4 is 10.1 Å². The molecule has 1 saturated heterocycles. The second-order valence-electron chi connectivity index (χ2n) is 11.1. The topological polar surface area (TPSA) is 111 Å². The van der Waals surface area contributed by atoms with Gasteiger partial charge in [-0.3, -0.25) is 9.59 Å². The summed E-state index contributed by atoms with van der Waals surface area (Å²) in [5.41, 5.74) is 4.62. The third-order valence-electron chi connectivity index (χ3n) is 6.89. The van der Waals surface area contributed by atoms with E-state index in [0.29, 0.717) is 16.4 Å². The lowest BCUT2D eigenvalue weighted by molar-refractivity contribution is -0.198.